The predicted molar refractivity (Wildman–Crippen MR) is 94.7 cm³/mol. The molecule has 1 aromatic carbocycles. The molecule has 122 valence electrons. The lowest BCUT2D eigenvalue weighted by Gasteiger charge is -2.28. The Morgan fingerprint density at radius 2 is 2.08 bits per heavy atom. The number of nitrogens with zero attached hydrogens (tertiary/aromatic N) is 4. The Morgan fingerprint density at radius 3 is 2.92 bits per heavy atom. The van der Waals surface area contributed by atoms with E-state index >= 15 is 0 Å². The molecule has 0 radical (unpaired) electrons. The Morgan fingerprint density at radius 1 is 1.21 bits per heavy atom. The number of fused-ring (bicyclic) bond motifs is 2. The smallest absolute Gasteiger partial charge is 0.131 e. The standard InChI is InChI=1S/C20H22N4/c1-23-17(10-15-4-2-3-5-19(15)23)13-24-9-8-18-16(12-24)11-21-20(22-18)14-6-7-14/h2-5,10-11,14H,6-9,12-13H2,1H3. The van der Waals surface area contributed by atoms with Crippen LogP contribution in [0, 0.1) is 0 Å². The summed E-state index contributed by atoms with van der Waals surface area (Å²) in [6.45, 7) is 3.02. The van der Waals surface area contributed by atoms with Gasteiger partial charge < -0.3 is 4.57 Å². The summed E-state index contributed by atoms with van der Waals surface area (Å²) in [5, 5.41) is 1.32. The van der Waals surface area contributed by atoms with Crippen LogP contribution >= 0.6 is 0 Å². The van der Waals surface area contributed by atoms with Gasteiger partial charge in [0.1, 0.15) is 5.82 Å². The number of aryl methyl sites for hydroxylation is 1. The molecule has 24 heavy (non-hydrogen) atoms. The zero-order chi connectivity index (χ0) is 16.1. The van der Waals surface area contributed by atoms with Gasteiger partial charge in [0.05, 0.1) is 0 Å². The van der Waals surface area contributed by atoms with E-state index < -0.39 is 0 Å². The van der Waals surface area contributed by atoms with Crippen molar-refractivity contribution in [2.45, 2.75) is 38.3 Å². The summed E-state index contributed by atoms with van der Waals surface area (Å²) in [6.07, 6.45) is 5.66. The van der Waals surface area contributed by atoms with Crippen molar-refractivity contribution in [3.63, 3.8) is 0 Å². The minimum Gasteiger partial charge on any atom is -0.346 e. The molecule has 2 aliphatic rings. The lowest BCUT2D eigenvalue weighted by atomic mass is 10.1. The number of para-hydroxylation sites is 1. The average Bonchev–Trinajstić information content (AvgIpc) is 3.41. The van der Waals surface area contributed by atoms with Crippen LogP contribution in [0.5, 0.6) is 0 Å². The zero-order valence-corrected chi connectivity index (χ0v) is 14.1. The fourth-order valence-corrected chi connectivity index (χ4v) is 3.79. The fraction of sp³-hybridized carbons (Fsp3) is 0.400. The van der Waals surface area contributed by atoms with E-state index in [1.54, 1.807) is 0 Å². The van der Waals surface area contributed by atoms with Crippen LogP contribution in [-0.4, -0.2) is 26.0 Å². The van der Waals surface area contributed by atoms with E-state index in [-0.39, 0.29) is 0 Å². The Bertz CT molecular complexity index is 907. The van der Waals surface area contributed by atoms with E-state index in [2.05, 4.69) is 58.0 Å². The van der Waals surface area contributed by atoms with Gasteiger partial charge in [0, 0.05) is 67.7 Å². The largest absolute Gasteiger partial charge is 0.346 e. The highest BCUT2D eigenvalue weighted by Crippen LogP contribution is 2.38. The second-order valence-corrected chi connectivity index (χ2v) is 7.19. The average molecular weight is 318 g/mol. The van der Waals surface area contributed by atoms with Gasteiger partial charge in [-0.05, 0) is 30.4 Å². The van der Waals surface area contributed by atoms with Gasteiger partial charge in [0.2, 0.25) is 0 Å². The Kier molecular flexibility index (Phi) is 3.20. The first-order valence-corrected chi connectivity index (χ1v) is 8.88. The van der Waals surface area contributed by atoms with Crippen molar-refractivity contribution in [3.8, 4) is 0 Å². The fourth-order valence-electron chi connectivity index (χ4n) is 3.79. The molecule has 0 saturated heterocycles. The maximum Gasteiger partial charge on any atom is 0.131 e. The number of rotatable bonds is 3. The molecule has 0 spiro atoms. The first-order valence-electron chi connectivity index (χ1n) is 8.88. The van der Waals surface area contributed by atoms with Crippen molar-refractivity contribution in [2.24, 2.45) is 7.05 Å². The van der Waals surface area contributed by atoms with Crippen LogP contribution < -0.4 is 0 Å². The van der Waals surface area contributed by atoms with Crippen molar-refractivity contribution >= 4 is 10.9 Å². The SMILES string of the molecule is Cn1c(CN2CCc3nc(C4CC4)ncc3C2)cc2ccccc21. The van der Waals surface area contributed by atoms with Crippen molar-refractivity contribution in [2.75, 3.05) is 6.54 Å². The van der Waals surface area contributed by atoms with Gasteiger partial charge in [0.15, 0.2) is 0 Å². The maximum absolute atomic E-state index is 4.83. The van der Waals surface area contributed by atoms with Gasteiger partial charge in [-0.1, -0.05) is 18.2 Å². The first kappa shape index (κ1) is 14.2. The van der Waals surface area contributed by atoms with E-state index in [0.29, 0.717) is 5.92 Å². The normalized spacial score (nSPS) is 18.0. The number of hydrogen-bond donors (Lipinski definition) is 0. The monoisotopic (exact) mass is 318 g/mol. The molecule has 0 atom stereocenters. The summed E-state index contributed by atoms with van der Waals surface area (Å²) in [7, 11) is 2.17. The molecule has 1 aliphatic carbocycles. The molecule has 0 bridgehead atoms. The molecule has 0 N–H and O–H groups in total. The minimum atomic E-state index is 0.643. The first-order chi connectivity index (χ1) is 11.8. The second-order valence-electron chi connectivity index (χ2n) is 7.19. The third-order valence-corrected chi connectivity index (χ3v) is 5.41. The molecule has 0 unspecified atom stereocenters. The lowest BCUT2D eigenvalue weighted by molar-refractivity contribution is 0.238. The molecule has 1 aliphatic heterocycles. The van der Waals surface area contributed by atoms with Crippen LogP contribution in [0.2, 0.25) is 0 Å². The molecule has 3 aromatic rings. The van der Waals surface area contributed by atoms with Gasteiger partial charge in [-0.3, -0.25) is 4.90 Å². The number of aromatic nitrogens is 3. The highest BCUT2D eigenvalue weighted by atomic mass is 15.2. The summed E-state index contributed by atoms with van der Waals surface area (Å²) >= 11 is 0. The summed E-state index contributed by atoms with van der Waals surface area (Å²) in [5.41, 5.74) is 5.27. The van der Waals surface area contributed by atoms with Crippen LogP contribution in [0.3, 0.4) is 0 Å². The van der Waals surface area contributed by atoms with E-state index in [1.165, 1.54) is 40.7 Å². The van der Waals surface area contributed by atoms with Crippen LogP contribution in [0.4, 0.5) is 0 Å². The number of benzene rings is 1. The third-order valence-electron chi connectivity index (χ3n) is 5.41. The minimum absolute atomic E-state index is 0.643. The van der Waals surface area contributed by atoms with Gasteiger partial charge in [-0.2, -0.15) is 0 Å². The highest BCUT2D eigenvalue weighted by molar-refractivity contribution is 5.81. The van der Waals surface area contributed by atoms with E-state index in [0.717, 1.165) is 31.9 Å². The molecule has 4 heteroatoms. The van der Waals surface area contributed by atoms with Gasteiger partial charge in [-0.15, -0.1) is 0 Å². The lowest BCUT2D eigenvalue weighted by Crippen LogP contribution is -2.31. The molecule has 2 aromatic heterocycles. The summed E-state index contributed by atoms with van der Waals surface area (Å²) in [6, 6.07) is 10.9. The summed E-state index contributed by atoms with van der Waals surface area (Å²) < 4.78 is 2.32. The Hall–Kier alpha value is -2.20. The maximum atomic E-state index is 4.83. The summed E-state index contributed by atoms with van der Waals surface area (Å²) in [4.78, 5) is 11.9. The molecule has 4 nitrogen and oxygen atoms in total. The number of hydrogen-bond acceptors (Lipinski definition) is 3. The van der Waals surface area contributed by atoms with Crippen LogP contribution in [0.1, 0.15) is 41.5 Å². The quantitative estimate of drug-likeness (QED) is 0.742. The Balaban J connectivity index is 1.37. The molecule has 0 amide bonds. The predicted octanol–water partition coefficient (Wildman–Crippen LogP) is 3.40. The van der Waals surface area contributed by atoms with Crippen molar-refractivity contribution in [3.05, 3.63) is 59.3 Å². The van der Waals surface area contributed by atoms with E-state index in [9.17, 15) is 0 Å². The summed E-state index contributed by atoms with van der Waals surface area (Å²) in [5.74, 6) is 1.72. The highest BCUT2D eigenvalue weighted by Gasteiger charge is 2.28. The Labute approximate surface area is 142 Å². The van der Waals surface area contributed by atoms with Crippen LogP contribution in [0.25, 0.3) is 10.9 Å². The topological polar surface area (TPSA) is 34.0 Å². The molecule has 1 saturated carbocycles. The molecule has 1 fully saturated rings. The van der Waals surface area contributed by atoms with Crippen molar-refractivity contribution in [1.82, 2.24) is 19.4 Å². The third kappa shape index (κ3) is 2.42. The van der Waals surface area contributed by atoms with Gasteiger partial charge in [-0.25, -0.2) is 9.97 Å². The van der Waals surface area contributed by atoms with Crippen LogP contribution in [0.15, 0.2) is 36.5 Å². The van der Waals surface area contributed by atoms with Crippen LogP contribution in [-0.2, 0) is 26.6 Å². The molecular weight excluding hydrogens is 296 g/mol. The van der Waals surface area contributed by atoms with E-state index in [1.807, 2.05) is 0 Å². The van der Waals surface area contributed by atoms with Crippen molar-refractivity contribution in [1.29, 1.82) is 0 Å². The second kappa shape index (κ2) is 5.42. The molecular formula is C20H22N4. The zero-order valence-electron chi connectivity index (χ0n) is 14.1. The van der Waals surface area contributed by atoms with Gasteiger partial charge in [0.25, 0.3) is 0 Å². The van der Waals surface area contributed by atoms with E-state index in [4.69, 9.17) is 4.98 Å². The molecule has 3 heterocycles. The van der Waals surface area contributed by atoms with Crippen molar-refractivity contribution < 1.29 is 0 Å². The van der Waals surface area contributed by atoms with Gasteiger partial charge >= 0.3 is 0 Å². The molecule has 5 rings (SSSR count).